The molecule has 3 aromatic rings. The lowest BCUT2D eigenvalue weighted by Gasteiger charge is -2.18. The number of rotatable bonds is 7. The van der Waals surface area contributed by atoms with Crippen molar-refractivity contribution in [1.82, 2.24) is 4.98 Å². The molecule has 0 bridgehead atoms. The molecular weight excluding hydrogens is 354 g/mol. The SMILES string of the molecule is CSCCC(Nc1c2ccccc2nc2cccc([N+](=O)[O-])c12)C(=O)O. The lowest BCUT2D eigenvalue weighted by Crippen LogP contribution is -2.30. The molecule has 1 heterocycles. The highest BCUT2D eigenvalue weighted by Gasteiger charge is 2.23. The number of aliphatic carboxylic acids is 1. The van der Waals surface area contributed by atoms with Crippen LogP contribution in [0.4, 0.5) is 11.4 Å². The second kappa shape index (κ2) is 7.57. The molecule has 1 atom stereocenters. The van der Waals surface area contributed by atoms with Gasteiger partial charge in [-0.05, 0) is 30.6 Å². The van der Waals surface area contributed by atoms with Crippen LogP contribution in [0.2, 0.25) is 0 Å². The molecule has 0 aliphatic carbocycles. The molecule has 2 N–H and O–H groups in total. The Morgan fingerprint density at radius 2 is 2.00 bits per heavy atom. The van der Waals surface area contributed by atoms with Gasteiger partial charge in [0.2, 0.25) is 0 Å². The highest BCUT2D eigenvalue weighted by molar-refractivity contribution is 7.98. The number of pyridine rings is 1. The molecule has 0 aliphatic heterocycles. The summed E-state index contributed by atoms with van der Waals surface area (Å²) in [6, 6.07) is 11.0. The molecule has 0 saturated heterocycles. The average Bonchev–Trinajstić information content (AvgIpc) is 2.63. The molecule has 2 aromatic carbocycles. The minimum Gasteiger partial charge on any atom is -0.480 e. The zero-order chi connectivity index (χ0) is 18.7. The molecule has 0 amide bonds. The summed E-state index contributed by atoms with van der Waals surface area (Å²) >= 11 is 1.55. The first-order chi connectivity index (χ1) is 12.5. The van der Waals surface area contributed by atoms with Gasteiger partial charge < -0.3 is 10.4 Å². The number of carbonyl (C=O) groups is 1. The number of para-hydroxylation sites is 1. The van der Waals surface area contributed by atoms with Crippen molar-refractivity contribution in [2.45, 2.75) is 12.5 Å². The number of carboxylic acids is 1. The number of nitro benzene ring substituents is 1. The Hall–Kier alpha value is -2.87. The number of nitrogens with one attached hydrogen (secondary N) is 1. The predicted molar refractivity (Wildman–Crippen MR) is 104 cm³/mol. The Morgan fingerprint density at radius 3 is 2.69 bits per heavy atom. The number of aromatic nitrogens is 1. The van der Waals surface area contributed by atoms with E-state index in [1.807, 2.05) is 12.3 Å². The number of hydrogen-bond acceptors (Lipinski definition) is 6. The van der Waals surface area contributed by atoms with Gasteiger partial charge >= 0.3 is 5.97 Å². The molecule has 8 heteroatoms. The fraction of sp³-hybridized carbons (Fsp3) is 0.222. The van der Waals surface area contributed by atoms with Crippen LogP contribution in [-0.2, 0) is 4.79 Å². The van der Waals surface area contributed by atoms with Crippen molar-refractivity contribution in [1.29, 1.82) is 0 Å². The zero-order valence-electron chi connectivity index (χ0n) is 14.0. The quantitative estimate of drug-likeness (QED) is 0.368. The van der Waals surface area contributed by atoms with E-state index in [1.165, 1.54) is 6.07 Å². The zero-order valence-corrected chi connectivity index (χ0v) is 14.8. The largest absolute Gasteiger partial charge is 0.480 e. The third-order valence-corrected chi connectivity index (χ3v) is 4.75. The van der Waals surface area contributed by atoms with Gasteiger partial charge in [-0.2, -0.15) is 11.8 Å². The maximum atomic E-state index is 11.7. The fourth-order valence-corrected chi connectivity index (χ4v) is 3.37. The highest BCUT2D eigenvalue weighted by atomic mass is 32.2. The third kappa shape index (κ3) is 3.41. The van der Waals surface area contributed by atoms with E-state index in [-0.39, 0.29) is 5.69 Å². The number of non-ortho nitro benzene ring substituents is 1. The van der Waals surface area contributed by atoms with Crippen molar-refractivity contribution < 1.29 is 14.8 Å². The first-order valence-electron chi connectivity index (χ1n) is 7.97. The van der Waals surface area contributed by atoms with E-state index in [2.05, 4.69) is 10.3 Å². The van der Waals surface area contributed by atoms with Crippen LogP contribution in [0, 0.1) is 10.1 Å². The normalized spacial score (nSPS) is 12.2. The monoisotopic (exact) mass is 371 g/mol. The van der Waals surface area contributed by atoms with Crippen molar-refractivity contribution in [3.05, 3.63) is 52.6 Å². The maximum absolute atomic E-state index is 11.7. The number of hydrogen-bond donors (Lipinski definition) is 2. The van der Waals surface area contributed by atoms with E-state index in [9.17, 15) is 20.0 Å². The van der Waals surface area contributed by atoms with Crippen molar-refractivity contribution in [2.24, 2.45) is 0 Å². The summed E-state index contributed by atoms with van der Waals surface area (Å²) in [5.74, 6) is -0.334. The molecule has 0 saturated carbocycles. The van der Waals surface area contributed by atoms with Gasteiger partial charge in [0.25, 0.3) is 5.69 Å². The summed E-state index contributed by atoms with van der Waals surface area (Å²) in [4.78, 5) is 27.2. The van der Waals surface area contributed by atoms with Crippen molar-refractivity contribution in [2.75, 3.05) is 17.3 Å². The van der Waals surface area contributed by atoms with Crippen molar-refractivity contribution >= 4 is 50.9 Å². The number of carboxylic acid groups (broad SMARTS) is 1. The Balaban J connectivity index is 2.27. The van der Waals surface area contributed by atoms with Crippen molar-refractivity contribution in [3.63, 3.8) is 0 Å². The molecule has 3 rings (SSSR count). The van der Waals surface area contributed by atoms with Gasteiger partial charge in [0, 0.05) is 11.5 Å². The van der Waals surface area contributed by atoms with E-state index in [1.54, 1.807) is 42.1 Å². The first kappa shape index (κ1) is 17.9. The van der Waals surface area contributed by atoms with Gasteiger partial charge in [-0.15, -0.1) is 0 Å². The topological polar surface area (TPSA) is 105 Å². The number of nitrogens with zero attached hydrogens (tertiary/aromatic N) is 2. The maximum Gasteiger partial charge on any atom is 0.326 e. The highest BCUT2D eigenvalue weighted by Crippen LogP contribution is 2.37. The molecule has 1 unspecified atom stereocenters. The van der Waals surface area contributed by atoms with Crippen LogP contribution in [0.1, 0.15) is 6.42 Å². The molecule has 1 aromatic heterocycles. The van der Waals surface area contributed by atoms with E-state index in [0.717, 1.165) is 0 Å². The molecule has 134 valence electrons. The molecule has 7 nitrogen and oxygen atoms in total. The van der Waals surface area contributed by atoms with Crippen molar-refractivity contribution in [3.8, 4) is 0 Å². The summed E-state index contributed by atoms with van der Waals surface area (Å²) in [6.07, 6.45) is 2.30. The number of nitro groups is 1. The number of thioether (sulfide) groups is 1. The summed E-state index contributed by atoms with van der Waals surface area (Å²) in [7, 11) is 0. The van der Waals surface area contributed by atoms with E-state index < -0.39 is 16.9 Å². The third-order valence-electron chi connectivity index (χ3n) is 4.11. The van der Waals surface area contributed by atoms with Gasteiger partial charge in [-0.3, -0.25) is 10.1 Å². The number of anilines is 1. The lowest BCUT2D eigenvalue weighted by molar-refractivity contribution is -0.383. The minimum atomic E-state index is -0.994. The van der Waals surface area contributed by atoms with Gasteiger partial charge in [-0.1, -0.05) is 24.3 Å². The van der Waals surface area contributed by atoms with Crippen LogP contribution in [0.25, 0.3) is 21.8 Å². The molecular formula is C18H17N3O4S. The van der Waals surface area contributed by atoms with Gasteiger partial charge in [0.15, 0.2) is 0 Å². The standard InChI is InChI=1S/C18H17N3O4S/c1-26-10-9-14(18(22)23)20-17-11-5-2-3-6-12(11)19-13-7-4-8-15(16(13)17)21(24)25/h2-8,14H,9-10H2,1H3,(H,19,20)(H,22,23). The Morgan fingerprint density at radius 1 is 1.27 bits per heavy atom. The summed E-state index contributed by atoms with van der Waals surface area (Å²) in [5.41, 5.74) is 1.44. The fourth-order valence-electron chi connectivity index (χ4n) is 2.89. The van der Waals surface area contributed by atoms with Crippen LogP contribution in [0.3, 0.4) is 0 Å². The molecule has 0 aliphatic rings. The Labute approximate surface area is 153 Å². The summed E-state index contributed by atoms with van der Waals surface area (Å²) < 4.78 is 0. The summed E-state index contributed by atoms with van der Waals surface area (Å²) in [5, 5.41) is 25.1. The smallest absolute Gasteiger partial charge is 0.326 e. The second-order valence-electron chi connectivity index (χ2n) is 5.75. The predicted octanol–water partition coefficient (Wildman–Crippen LogP) is 3.91. The van der Waals surface area contributed by atoms with Crippen LogP contribution < -0.4 is 5.32 Å². The first-order valence-corrected chi connectivity index (χ1v) is 9.36. The minimum absolute atomic E-state index is 0.0998. The average molecular weight is 371 g/mol. The Kier molecular flexibility index (Phi) is 5.22. The van der Waals surface area contributed by atoms with E-state index in [4.69, 9.17) is 0 Å². The lowest BCUT2D eigenvalue weighted by atomic mass is 10.0. The van der Waals surface area contributed by atoms with Crippen LogP contribution in [0.5, 0.6) is 0 Å². The van der Waals surface area contributed by atoms with E-state index in [0.29, 0.717) is 39.7 Å². The molecule has 26 heavy (non-hydrogen) atoms. The van der Waals surface area contributed by atoms with Gasteiger partial charge in [-0.25, -0.2) is 9.78 Å². The Bertz CT molecular complexity index is 993. The molecule has 0 fully saturated rings. The van der Waals surface area contributed by atoms with Gasteiger partial charge in [0.1, 0.15) is 11.4 Å². The number of benzene rings is 2. The molecule has 0 radical (unpaired) electrons. The van der Waals surface area contributed by atoms with Crippen LogP contribution in [0.15, 0.2) is 42.5 Å². The molecule has 0 spiro atoms. The summed E-state index contributed by atoms with van der Waals surface area (Å²) in [6.45, 7) is 0. The van der Waals surface area contributed by atoms with Gasteiger partial charge in [0.05, 0.1) is 21.6 Å². The van der Waals surface area contributed by atoms with E-state index >= 15 is 0 Å². The second-order valence-corrected chi connectivity index (χ2v) is 6.73. The number of fused-ring (bicyclic) bond motifs is 2. The van der Waals surface area contributed by atoms with Crippen LogP contribution >= 0.6 is 11.8 Å². The van der Waals surface area contributed by atoms with Crippen LogP contribution in [-0.4, -0.2) is 39.0 Å².